The number of nitrogens with zero attached hydrogens (tertiary/aromatic N) is 2. The number of rotatable bonds is 12. The first-order valence-electron chi connectivity index (χ1n) is 23.8. The number of aromatic nitrogens is 1. The maximum atomic E-state index is 6.18. The molecule has 6 aromatic rings. The fraction of sp³-hybridized carbons (Fsp3) is 0.267. The Labute approximate surface area is 393 Å². The van der Waals surface area contributed by atoms with Gasteiger partial charge in [0.05, 0.1) is 17.2 Å². The largest absolute Gasteiger partial charge is 0.341 e. The van der Waals surface area contributed by atoms with Crippen molar-refractivity contribution in [1.29, 1.82) is 0 Å². The lowest BCUT2D eigenvalue weighted by atomic mass is 9.95. The molecule has 0 saturated carbocycles. The summed E-state index contributed by atoms with van der Waals surface area (Å²) in [5.74, 6) is 0. The highest BCUT2D eigenvalue weighted by molar-refractivity contribution is 6.11. The minimum Gasteiger partial charge on any atom is -0.341 e. The first kappa shape index (κ1) is 53.1. The molecule has 65 heavy (non-hydrogen) atoms. The summed E-state index contributed by atoms with van der Waals surface area (Å²) in [5.41, 5.74) is 25.7. The van der Waals surface area contributed by atoms with Crippen LogP contribution in [0.25, 0.3) is 38.6 Å². The standard InChI is InChI=1S/C40H44N4.C14H15N.3C2H6/c1-6-9-15-32(8-3)43-26-25-31(27-29(4)34-17-11-13-19-37(34)43)30-21-23-39-36(28-30)35-18-12-14-20-38(35)44(39)33(16-10-7-2)22-24-40(41)42-5;15-14(13-9-5-2-6-10-13)11-12-7-3-1-4-8-12;3*1-2/h6-7,9-25,27-28,40,42H,8,26,41H2,1-5H3;1-10,14H,11,15H2;3*1-2H3/b9-6-,10-7-,24-22+,29-27+,31-25+,32-15+,33-16+;;;;. The fourth-order valence-corrected chi connectivity index (χ4v) is 7.59. The molecule has 0 radical (unpaired) electrons. The van der Waals surface area contributed by atoms with E-state index in [0.29, 0.717) is 0 Å². The number of hydrogen-bond donors (Lipinski definition) is 3. The molecule has 0 spiro atoms. The molecule has 2 heterocycles. The third kappa shape index (κ3) is 14.6. The molecule has 0 amide bonds. The molecule has 1 aliphatic heterocycles. The first-order chi connectivity index (χ1) is 31.9. The summed E-state index contributed by atoms with van der Waals surface area (Å²) in [6, 6.07) is 44.9. The highest BCUT2D eigenvalue weighted by Gasteiger charge is 2.19. The smallest absolute Gasteiger partial charge is 0.0740 e. The maximum absolute atomic E-state index is 6.18. The Bertz CT molecular complexity index is 2530. The molecular formula is C60H77N5. The Morgan fingerprint density at radius 1 is 0.708 bits per heavy atom. The zero-order valence-electron chi connectivity index (χ0n) is 41.2. The monoisotopic (exact) mass is 868 g/mol. The van der Waals surface area contributed by atoms with E-state index in [0.717, 1.165) is 30.6 Å². The molecule has 342 valence electrons. The fourth-order valence-electron chi connectivity index (χ4n) is 7.59. The molecule has 7 rings (SSSR count). The van der Waals surface area contributed by atoms with Crippen molar-refractivity contribution in [1.82, 2.24) is 9.88 Å². The van der Waals surface area contributed by atoms with E-state index in [2.05, 4.69) is 175 Å². The van der Waals surface area contributed by atoms with Crippen molar-refractivity contribution < 1.29 is 0 Å². The summed E-state index contributed by atoms with van der Waals surface area (Å²) in [5, 5.41) is 5.55. The van der Waals surface area contributed by atoms with Crippen LogP contribution >= 0.6 is 0 Å². The summed E-state index contributed by atoms with van der Waals surface area (Å²) in [6.07, 6.45) is 23.2. The van der Waals surface area contributed by atoms with Crippen LogP contribution < -0.4 is 21.7 Å². The third-order valence-electron chi connectivity index (χ3n) is 10.7. The predicted molar refractivity (Wildman–Crippen MR) is 291 cm³/mol. The van der Waals surface area contributed by atoms with E-state index in [9.17, 15) is 0 Å². The van der Waals surface area contributed by atoms with Crippen molar-refractivity contribution in [3.8, 4) is 0 Å². The van der Waals surface area contributed by atoms with Gasteiger partial charge < -0.3 is 26.3 Å². The van der Waals surface area contributed by atoms with Gasteiger partial charge in [0.2, 0.25) is 0 Å². The van der Waals surface area contributed by atoms with Crippen LogP contribution in [0.1, 0.15) is 104 Å². The number of allylic oxidation sites excluding steroid dienone is 12. The van der Waals surface area contributed by atoms with Gasteiger partial charge in [-0.25, -0.2) is 0 Å². The molecule has 5 N–H and O–H groups in total. The van der Waals surface area contributed by atoms with Crippen molar-refractivity contribution in [3.63, 3.8) is 0 Å². The molecule has 0 saturated heterocycles. The lowest BCUT2D eigenvalue weighted by Crippen LogP contribution is -2.31. The number of anilines is 1. The Morgan fingerprint density at radius 2 is 1.31 bits per heavy atom. The first-order valence-corrected chi connectivity index (χ1v) is 23.8. The van der Waals surface area contributed by atoms with Crippen LogP contribution in [0, 0.1) is 0 Å². The number of nitrogens with one attached hydrogen (secondary N) is 1. The lowest BCUT2D eigenvalue weighted by molar-refractivity contribution is 0.698. The van der Waals surface area contributed by atoms with E-state index >= 15 is 0 Å². The second-order valence-corrected chi connectivity index (χ2v) is 14.7. The van der Waals surface area contributed by atoms with E-state index in [1.807, 2.05) is 104 Å². The Morgan fingerprint density at radius 3 is 1.97 bits per heavy atom. The Hall–Kier alpha value is -6.24. The maximum Gasteiger partial charge on any atom is 0.0740 e. The second kappa shape index (κ2) is 29.3. The van der Waals surface area contributed by atoms with Gasteiger partial charge in [0.1, 0.15) is 0 Å². The van der Waals surface area contributed by atoms with Crippen LogP contribution in [0.15, 0.2) is 194 Å². The van der Waals surface area contributed by atoms with E-state index < -0.39 is 0 Å². The van der Waals surface area contributed by atoms with Crippen LogP contribution in [0.2, 0.25) is 0 Å². The zero-order chi connectivity index (χ0) is 47.6. The van der Waals surface area contributed by atoms with E-state index in [4.69, 9.17) is 11.5 Å². The molecule has 0 fully saturated rings. The van der Waals surface area contributed by atoms with E-state index in [1.54, 1.807) is 0 Å². The van der Waals surface area contributed by atoms with Gasteiger partial charge in [0, 0.05) is 46.0 Å². The number of benzene rings is 5. The number of hydrogen-bond acceptors (Lipinski definition) is 4. The van der Waals surface area contributed by atoms with Gasteiger partial charge >= 0.3 is 0 Å². The topological polar surface area (TPSA) is 72.2 Å². The summed E-state index contributed by atoms with van der Waals surface area (Å²) in [6.45, 7) is 21.3. The molecule has 0 bridgehead atoms. The van der Waals surface area contributed by atoms with Crippen LogP contribution in [-0.2, 0) is 6.42 Å². The molecule has 1 aliphatic rings. The van der Waals surface area contributed by atoms with Crippen molar-refractivity contribution >= 4 is 44.3 Å². The molecule has 5 aromatic carbocycles. The van der Waals surface area contributed by atoms with Crippen molar-refractivity contribution in [2.45, 2.75) is 94.3 Å². The second-order valence-electron chi connectivity index (χ2n) is 14.7. The third-order valence-corrected chi connectivity index (χ3v) is 10.7. The van der Waals surface area contributed by atoms with Gasteiger partial charge in [0.25, 0.3) is 0 Å². The highest BCUT2D eigenvalue weighted by atomic mass is 15.1. The molecule has 0 aliphatic carbocycles. The Balaban J connectivity index is 0.000000444. The zero-order valence-corrected chi connectivity index (χ0v) is 41.2. The minimum absolute atomic E-state index is 0.0913. The lowest BCUT2D eigenvalue weighted by Gasteiger charge is -2.30. The van der Waals surface area contributed by atoms with E-state index in [1.165, 1.54) is 61.1 Å². The van der Waals surface area contributed by atoms with Crippen LogP contribution in [0.4, 0.5) is 5.69 Å². The molecular weight excluding hydrogens is 791 g/mol. The number of fused-ring (bicyclic) bond motifs is 4. The summed E-state index contributed by atoms with van der Waals surface area (Å²) < 4.78 is 2.33. The molecule has 2 unspecified atom stereocenters. The molecule has 5 nitrogen and oxygen atoms in total. The molecule has 1 aromatic heterocycles. The molecule has 5 heteroatoms. The van der Waals surface area contributed by atoms with Gasteiger partial charge in [-0.15, -0.1) is 0 Å². The van der Waals surface area contributed by atoms with Gasteiger partial charge in [-0.3, -0.25) is 0 Å². The SMILES string of the molecule is C/C=C\C=C(/CC)N1C/C=C(c2ccc3c(c2)c2ccccc2n3C(/C=C/C(N)NC)=C/C=C\C)\C=C(/C)c2ccccc21.CC.CC.CC.NC(Cc1ccccc1)c1ccccc1. The van der Waals surface area contributed by atoms with Crippen molar-refractivity contribution in [2.24, 2.45) is 11.5 Å². The summed E-state index contributed by atoms with van der Waals surface area (Å²) in [7, 11) is 1.87. The summed E-state index contributed by atoms with van der Waals surface area (Å²) in [4.78, 5) is 2.46. The van der Waals surface area contributed by atoms with E-state index in [-0.39, 0.29) is 12.2 Å². The van der Waals surface area contributed by atoms with Gasteiger partial charge in [-0.1, -0.05) is 194 Å². The minimum atomic E-state index is -0.226. The quantitative estimate of drug-likeness (QED) is 0.0846. The predicted octanol–water partition coefficient (Wildman–Crippen LogP) is 15.5. The van der Waals surface area contributed by atoms with Crippen molar-refractivity contribution in [3.05, 3.63) is 216 Å². The normalized spacial score (nSPS) is 15.4. The average molecular weight is 868 g/mol. The van der Waals surface area contributed by atoms with Gasteiger partial charge in [-0.2, -0.15) is 0 Å². The number of nitrogens with two attached hydrogens (primary N) is 2. The van der Waals surface area contributed by atoms with Gasteiger partial charge in [0.15, 0.2) is 0 Å². The summed E-state index contributed by atoms with van der Waals surface area (Å²) >= 11 is 0. The number of likely N-dealkylation sites (N-methyl/N-ethyl adjacent to an activating group) is 1. The molecule has 2 atom stereocenters. The van der Waals surface area contributed by atoms with Crippen LogP contribution in [0.3, 0.4) is 0 Å². The Kier molecular flexibility index (Phi) is 23.9. The highest BCUT2D eigenvalue weighted by Crippen LogP contribution is 2.37. The average Bonchev–Trinajstić information content (AvgIpc) is 3.70. The number of para-hydroxylation sites is 2. The van der Waals surface area contributed by atoms with Crippen LogP contribution in [-0.4, -0.2) is 24.3 Å². The van der Waals surface area contributed by atoms with Crippen molar-refractivity contribution in [2.75, 3.05) is 18.5 Å². The van der Waals surface area contributed by atoms with Gasteiger partial charge in [-0.05, 0) is 111 Å². The van der Waals surface area contributed by atoms with Crippen LogP contribution in [0.5, 0.6) is 0 Å².